The summed E-state index contributed by atoms with van der Waals surface area (Å²) in [5.41, 5.74) is -0.435. The molecule has 1 aromatic heterocycles. The van der Waals surface area contributed by atoms with Crippen molar-refractivity contribution >= 4 is 39.5 Å². The Hall–Kier alpha value is -2.88. The average molecular weight is 537 g/mol. The van der Waals surface area contributed by atoms with Crippen LogP contribution in [0.3, 0.4) is 0 Å². The first kappa shape index (κ1) is 27.4. The van der Waals surface area contributed by atoms with Crippen LogP contribution < -0.4 is 21.0 Å². The van der Waals surface area contributed by atoms with Crippen LogP contribution in [0.25, 0.3) is 11.3 Å². The van der Waals surface area contributed by atoms with Crippen molar-refractivity contribution < 1.29 is 19.2 Å². The van der Waals surface area contributed by atoms with Crippen LogP contribution in [0.4, 0.5) is 16.3 Å². The van der Waals surface area contributed by atoms with Gasteiger partial charge in [-0.1, -0.05) is 36.7 Å². The number of amides is 1. The zero-order valence-corrected chi connectivity index (χ0v) is 22.5. The molecular weight excluding hydrogens is 504 g/mol. The van der Waals surface area contributed by atoms with E-state index in [1.54, 1.807) is 39.0 Å². The van der Waals surface area contributed by atoms with E-state index in [9.17, 15) is 14.4 Å². The number of aromatic nitrogens is 2. The number of ether oxygens (including phenoxy) is 1. The number of anilines is 2. The minimum atomic E-state index is -0.663. The highest BCUT2D eigenvalue weighted by molar-refractivity contribution is 9.10. The van der Waals surface area contributed by atoms with Gasteiger partial charge in [0.05, 0.1) is 12.6 Å². The molecule has 1 aromatic carbocycles. The Morgan fingerprint density at radius 2 is 1.76 bits per heavy atom. The van der Waals surface area contributed by atoms with Crippen LogP contribution >= 0.6 is 15.9 Å². The molecule has 10 heteroatoms. The van der Waals surface area contributed by atoms with Crippen molar-refractivity contribution in [2.24, 2.45) is 5.41 Å². The summed E-state index contributed by atoms with van der Waals surface area (Å²) in [7, 11) is 0. The van der Waals surface area contributed by atoms with E-state index in [4.69, 9.17) is 9.57 Å². The fraction of sp³-hybridized carbons (Fsp3) is 0.500. The van der Waals surface area contributed by atoms with Crippen molar-refractivity contribution in [1.82, 2.24) is 9.71 Å². The lowest BCUT2D eigenvalue weighted by atomic mass is 9.93. The van der Waals surface area contributed by atoms with Gasteiger partial charge in [-0.15, -0.1) is 4.73 Å². The molecule has 1 amide bonds. The smallest absolute Gasteiger partial charge is 0.412 e. The predicted molar refractivity (Wildman–Crippen MR) is 136 cm³/mol. The van der Waals surface area contributed by atoms with Gasteiger partial charge in [-0.25, -0.2) is 14.6 Å². The Bertz CT molecular complexity index is 1110. The SMILES string of the molecule is CC(C)Nc1ncc(-c2cc(Br)cc(NC(=O)OC(C)(C)C)c2)n(OC(=O)CC(C)(C)C)c1=O. The molecule has 0 aliphatic carbocycles. The summed E-state index contributed by atoms with van der Waals surface area (Å²) in [5, 5.41) is 5.64. The van der Waals surface area contributed by atoms with E-state index < -0.39 is 23.2 Å². The van der Waals surface area contributed by atoms with E-state index in [1.807, 2.05) is 34.6 Å². The van der Waals surface area contributed by atoms with Gasteiger partial charge in [-0.2, -0.15) is 0 Å². The first-order chi connectivity index (χ1) is 15.5. The van der Waals surface area contributed by atoms with Gasteiger partial charge in [0.1, 0.15) is 11.3 Å². The molecule has 0 saturated carbocycles. The number of hydrogen-bond donors (Lipinski definition) is 2. The molecule has 0 atom stereocenters. The third-order valence-electron chi connectivity index (χ3n) is 4.05. The van der Waals surface area contributed by atoms with Crippen molar-refractivity contribution in [3.8, 4) is 11.3 Å². The van der Waals surface area contributed by atoms with Gasteiger partial charge in [0.25, 0.3) is 0 Å². The summed E-state index contributed by atoms with van der Waals surface area (Å²) < 4.78 is 6.87. The van der Waals surface area contributed by atoms with E-state index in [1.165, 1.54) is 6.20 Å². The lowest BCUT2D eigenvalue weighted by molar-refractivity contribution is -0.146. The number of carbonyl (C=O) groups is 2. The molecule has 0 spiro atoms. The van der Waals surface area contributed by atoms with Gasteiger partial charge in [0.2, 0.25) is 0 Å². The van der Waals surface area contributed by atoms with Crippen LogP contribution in [0, 0.1) is 5.41 Å². The zero-order valence-electron chi connectivity index (χ0n) is 20.9. The molecular formula is C24H33BrN4O5. The highest BCUT2D eigenvalue weighted by Gasteiger charge is 2.22. The van der Waals surface area contributed by atoms with Crippen molar-refractivity contribution in [3.63, 3.8) is 0 Å². The Morgan fingerprint density at radius 1 is 1.12 bits per heavy atom. The van der Waals surface area contributed by atoms with Crippen LogP contribution in [-0.4, -0.2) is 33.4 Å². The minimum Gasteiger partial charge on any atom is -0.444 e. The van der Waals surface area contributed by atoms with Gasteiger partial charge in [-0.3, -0.25) is 10.1 Å². The molecule has 0 bridgehead atoms. The fourth-order valence-electron chi connectivity index (χ4n) is 2.89. The van der Waals surface area contributed by atoms with Gasteiger partial charge in [0.15, 0.2) is 5.82 Å². The normalized spacial score (nSPS) is 11.8. The Labute approximate surface area is 208 Å². The van der Waals surface area contributed by atoms with Crippen molar-refractivity contribution in [2.45, 2.75) is 73.5 Å². The molecule has 0 radical (unpaired) electrons. The summed E-state index contributed by atoms with van der Waals surface area (Å²) in [6.07, 6.45) is 0.924. The number of nitrogens with zero attached hydrogens (tertiary/aromatic N) is 2. The fourth-order valence-corrected chi connectivity index (χ4v) is 3.39. The second-order valence-electron chi connectivity index (χ2n) is 10.4. The number of hydrogen-bond acceptors (Lipinski definition) is 7. The molecule has 0 unspecified atom stereocenters. The van der Waals surface area contributed by atoms with Crippen molar-refractivity contribution in [2.75, 3.05) is 10.6 Å². The number of rotatable bonds is 6. The second-order valence-corrected chi connectivity index (χ2v) is 11.4. The van der Waals surface area contributed by atoms with Gasteiger partial charge < -0.3 is 14.9 Å². The third kappa shape index (κ3) is 8.48. The standard InChI is InChI=1S/C24H33BrN4O5/c1-14(2)27-20-21(31)29(34-19(30)12-23(3,4)5)18(13-26-20)15-9-16(25)11-17(10-15)28-22(32)33-24(6,7)8/h9-11,13-14H,12H2,1-8H3,(H,26,27)(H,28,32). The summed E-state index contributed by atoms with van der Waals surface area (Å²) in [5.74, 6) is -0.496. The maximum atomic E-state index is 13.2. The molecule has 2 N–H and O–H groups in total. The first-order valence-corrected chi connectivity index (χ1v) is 11.7. The van der Waals surface area contributed by atoms with Crippen LogP contribution in [0.1, 0.15) is 61.8 Å². The molecule has 0 saturated heterocycles. The molecule has 2 rings (SSSR count). The molecule has 0 aliphatic rings. The number of carbonyl (C=O) groups excluding carboxylic acids is 2. The largest absolute Gasteiger partial charge is 0.444 e. The first-order valence-electron chi connectivity index (χ1n) is 10.9. The van der Waals surface area contributed by atoms with E-state index in [0.29, 0.717) is 15.7 Å². The van der Waals surface area contributed by atoms with Gasteiger partial charge >= 0.3 is 17.6 Å². The zero-order chi connectivity index (χ0) is 25.8. The van der Waals surface area contributed by atoms with Gasteiger partial charge in [-0.05, 0) is 58.2 Å². The van der Waals surface area contributed by atoms with Crippen molar-refractivity contribution in [3.05, 3.63) is 39.2 Å². The highest BCUT2D eigenvalue weighted by atomic mass is 79.9. The van der Waals surface area contributed by atoms with Crippen LogP contribution in [-0.2, 0) is 9.53 Å². The Balaban J connectivity index is 2.53. The Morgan fingerprint density at radius 3 is 2.32 bits per heavy atom. The second kappa shape index (κ2) is 10.6. The van der Waals surface area contributed by atoms with E-state index in [-0.39, 0.29) is 29.4 Å². The third-order valence-corrected chi connectivity index (χ3v) is 4.51. The van der Waals surface area contributed by atoms with E-state index in [0.717, 1.165) is 4.73 Å². The maximum Gasteiger partial charge on any atom is 0.412 e. The monoisotopic (exact) mass is 536 g/mol. The highest BCUT2D eigenvalue weighted by Crippen LogP contribution is 2.28. The number of nitrogens with one attached hydrogen (secondary N) is 2. The average Bonchev–Trinajstić information content (AvgIpc) is 2.61. The van der Waals surface area contributed by atoms with Gasteiger partial charge in [0, 0.05) is 21.8 Å². The molecule has 1 heterocycles. The van der Waals surface area contributed by atoms with Crippen LogP contribution in [0.5, 0.6) is 0 Å². The molecule has 34 heavy (non-hydrogen) atoms. The molecule has 2 aromatic rings. The summed E-state index contributed by atoms with van der Waals surface area (Å²) in [6.45, 7) is 14.7. The predicted octanol–water partition coefficient (Wildman–Crippen LogP) is 5.23. The van der Waals surface area contributed by atoms with E-state index in [2.05, 4.69) is 31.5 Å². The number of benzene rings is 1. The minimum absolute atomic E-state index is 0.0553. The lowest BCUT2D eigenvalue weighted by Gasteiger charge is -2.20. The summed E-state index contributed by atoms with van der Waals surface area (Å²) in [4.78, 5) is 47.8. The molecule has 9 nitrogen and oxygen atoms in total. The van der Waals surface area contributed by atoms with E-state index >= 15 is 0 Å². The van der Waals surface area contributed by atoms with Crippen LogP contribution in [0.15, 0.2) is 33.7 Å². The molecule has 0 fully saturated rings. The topological polar surface area (TPSA) is 112 Å². The summed E-state index contributed by atoms with van der Waals surface area (Å²) >= 11 is 3.42. The van der Waals surface area contributed by atoms with Crippen molar-refractivity contribution in [1.29, 1.82) is 0 Å². The van der Waals surface area contributed by atoms with Crippen LogP contribution in [0.2, 0.25) is 0 Å². The molecule has 0 aliphatic heterocycles. The summed E-state index contributed by atoms with van der Waals surface area (Å²) in [6, 6.07) is 4.99. The molecule has 186 valence electrons. The lowest BCUT2D eigenvalue weighted by Crippen LogP contribution is -2.36. The number of halogens is 1. The Kier molecular flexibility index (Phi) is 8.52. The quantitative estimate of drug-likeness (QED) is 0.519. The maximum absolute atomic E-state index is 13.2.